The number of alkyl halides is 1. The van der Waals surface area contributed by atoms with Gasteiger partial charge in [0.1, 0.15) is 14.2 Å². The van der Waals surface area contributed by atoms with Crippen LogP contribution >= 0.6 is 11.6 Å². The Hall–Kier alpha value is 0.0269. The second-order valence-electron chi connectivity index (χ2n) is 4.81. The predicted molar refractivity (Wildman–Crippen MR) is 61.7 cm³/mol. The number of aliphatic hydroxyl groups excluding tert-OH is 1. The molecule has 0 radical (unpaired) electrons. The summed E-state index contributed by atoms with van der Waals surface area (Å²) < 4.78 is 0. The first-order valence-electron chi connectivity index (χ1n) is 4.47. The maximum atomic E-state index is 9.20. The lowest BCUT2D eigenvalue weighted by molar-refractivity contribution is 0.256. The van der Waals surface area contributed by atoms with Gasteiger partial charge in [-0.1, -0.05) is 39.8 Å². The van der Waals surface area contributed by atoms with Crippen molar-refractivity contribution >= 4 is 19.7 Å². The summed E-state index contributed by atoms with van der Waals surface area (Å²) >= 11 is 5.46. The largest absolute Gasteiger partial charge is 0.379 e. The first kappa shape index (κ1) is 13.0. The van der Waals surface area contributed by atoms with Crippen LogP contribution in [0.2, 0.25) is 18.1 Å². The highest BCUT2D eigenvalue weighted by Gasteiger charge is 2.33. The number of rotatable bonds is 1. The zero-order chi connectivity index (χ0) is 10.7. The Kier molecular flexibility index (Phi) is 4.51. The number of hydrogen-bond acceptors (Lipinski definition) is 1. The van der Waals surface area contributed by atoms with Crippen molar-refractivity contribution in [3.8, 4) is 11.5 Å². The van der Waals surface area contributed by atoms with E-state index in [1.807, 2.05) is 0 Å². The Morgan fingerprint density at radius 3 is 2.15 bits per heavy atom. The van der Waals surface area contributed by atoms with Crippen LogP contribution in [0.3, 0.4) is 0 Å². The lowest BCUT2D eigenvalue weighted by atomic mass is 10.2. The molecule has 0 aliphatic carbocycles. The fourth-order valence-corrected chi connectivity index (χ4v) is 1.47. The molecule has 0 unspecified atom stereocenters. The quantitative estimate of drug-likeness (QED) is 0.408. The molecular formula is C10H19ClOSi. The summed E-state index contributed by atoms with van der Waals surface area (Å²) in [6, 6.07) is 0. The van der Waals surface area contributed by atoms with Gasteiger partial charge in [0, 0.05) is 0 Å². The maximum absolute atomic E-state index is 9.20. The summed E-state index contributed by atoms with van der Waals surface area (Å²) in [6.07, 6.45) is -0.671. The van der Waals surface area contributed by atoms with E-state index in [1.54, 1.807) is 0 Å². The zero-order valence-corrected chi connectivity index (χ0v) is 10.9. The molecule has 0 amide bonds. The second kappa shape index (κ2) is 4.50. The molecule has 13 heavy (non-hydrogen) atoms. The van der Waals surface area contributed by atoms with Crippen LogP contribution in [0.1, 0.15) is 20.8 Å². The topological polar surface area (TPSA) is 20.2 Å². The molecule has 0 aromatic carbocycles. The summed E-state index contributed by atoms with van der Waals surface area (Å²) in [5.41, 5.74) is 3.20. The third-order valence-corrected chi connectivity index (χ3v) is 7.38. The van der Waals surface area contributed by atoms with Gasteiger partial charge in [0.05, 0.1) is 5.88 Å². The molecule has 0 aliphatic rings. The molecule has 3 heteroatoms. The average molecular weight is 219 g/mol. The summed E-state index contributed by atoms with van der Waals surface area (Å²) in [6.45, 7) is 11.0. The molecule has 0 aliphatic heterocycles. The standard InChI is InChI=1S/C10H19ClOSi/c1-10(2,3)13(4,5)7-6-9(12)8-11/h9,12H,8H2,1-5H3/t9-/m1/s1. The first-order valence-corrected chi connectivity index (χ1v) is 8.01. The van der Waals surface area contributed by atoms with Crippen molar-refractivity contribution in [2.45, 2.75) is 45.0 Å². The molecule has 0 saturated carbocycles. The molecule has 0 saturated heterocycles. The van der Waals surface area contributed by atoms with Crippen LogP contribution in [-0.2, 0) is 0 Å². The fourth-order valence-electron chi connectivity index (χ4n) is 0.490. The van der Waals surface area contributed by atoms with E-state index in [4.69, 9.17) is 11.6 Å². The third kappa shape index (κ3) is 4.17. The summed E-state index contributed by atoms with van der Waals surface area (Å²) in [5.74, 6) is 3.01. The minimum Gasteiger partial charge on any atom is -0.379 e. The van der Waals surface area contributed by atoms with Crippen molar-refractivity contribution in [1.82, 2.24) is 0 Å². The van der Waals surface area contributed by atoms with E-state index >= 15 is 0 Å². The van der Waals surface area contributed by atoms with E-state index in [0.29, 0.717) is 0 Å². The Balaban J connectivity index is 4.56. The van der Waals surface area contributed by atoms with Crippen LogP contribution in [0.4, 0.5) is 0 Å². The van der Waals surface area contributed by atoms with Crippen molar-refractivity contribution in [3.05, 3.63) is 0 Å². The predicted octanol–water partition coefficient (Wildman–Crippen LogP) is 2.64. The minimum absolute atomic E-state index is 0.196. The summed E-state index contributed by atoms with van der Waals surface area (Å²) in [7, 11) is -1.56. The first-order chi connectivity index (χ1) is 5.70. The van der Waals surface area contributed by atoms with E-state index < -0.39 is 14.2 Å². The van der Waals surface area contributed by atoms with Crippen molar-refractivity contribution in [3.63, 3.8) is 0 Å². The van der Waals surface area contributed by atoms with Gasteiger partial charge in [0.15, 0.2) is 0 Å². The van der Waals surface area contributed by atoms with E-state index in [9.17, 15) is 5.11 Å². The van der Waals surface area contributed by atoms with Gasteiger partial charge >= 0.3 is 0 Å². The number of hydrogen-bond donors (Lipinski definition) is 1. The average Bonchev–Trinajstić information content (AvgIpc) is 1.98. The number of aliphatic hydroxyl groups is 1. The van der Waals surface area contributed by atoms with Crippen molar-refractivity contribution in [2.75, 3.05) is 5.88 Å². The minimum atomic E-state index is -1.56. The van der Waals surface area contributed by atoms with Crippen LogP contribution in [0, 0.1) is 11.5 Å². The third-order valence-electron chi connectivity index (χ3n) is 2.57. The molecule has 1 N–H and O–H groups in total. The second-order valence-corrected chi connectivity index (χ2v) is 10.1. The zero-order valence-electron chi connectivity index (χ0n) is 9.11. The van der Waals surface area contributed by atoms with Gasteiger partial charge in [-0.05, 0) is 5.04 Å². The molecule has 0 aromatic rings. The Bertz CT molecular complexity index is 219. The molecule has 0 fully saturated rings. The Labute approximate surface area is 87.5 Å². The molecular weight excluding hydrogens is 200 g/mol. The molecule has 76 valence electrons. The van der Waals surface area contributed by atoms with Gasteiger partial charge in [-0.15, -0.1) is 17.1 Å². The van der Waals surface area contributed by atoms with Crippen LogP contribution in [0.25, 0.3) is 0 Å². The van der Waals surface area contributed by atoms with Crippen molar-refractivity contribution in [1.29, 1.82) is 0 Å². The number of halogens is 1. The Morgan fingerprint density at radius 1 is 1.38 bits per heavy atom. The fraction of sp³-hybridized carbons (Fsp3) is 0.800. The SMILES string of the molecule is CC(C)(C)[Si](C)(C)C#C[C@@H](O)CCl. The van der Waals surface area contributed by atoms with Gasteiger partial charge in [0.25, 0.3) is 0 Å². The van der Waals surface area contributed by atoms with Gasteiger partial charge in [0.2, 0.25) is 0 Å². The van der Waals surface area contributed by atoms with Gasteiger partial charge in [-0.2, -0.15) is 0 Å². The molecule has 0 spiro atoms. The van der Waals surface area contributed by atoms with E-state index in [0.717, 1.165) is 0 Å². The van der Waals surface area contributed by atoms with Crippen LogP contribution in [0.5, 0.6) is 0 Å². The highest BCUT2D eigenvalue weighted by molar-refractivity contribution is 6.87. The van der Waals surface area contributed by atoms with Gasteiger partial charge in [-0.25, -0.2) is 0 Å². The molecule has 1 nitrogen and oxygen atoms in total. The van der Waals surface area contributed by atoms with Gasteiger partial charge < -0.3 is 5.11 Å². The highest BCUT2D eigenvalue weighted by atomic mass is 35.5. The molecule has 0 aromatic heterocycles. The van der Waals surface area contributed by atoms with Gasteiger partial charge in [-0.3, -0.25) is 0 Å². The smallest absolute Gasteiger partial charge is 0.137 e. The van der Waals surface area contributed by atoms with Crippen molar-refractivity contribution in [2.24, 2.45) is 0 Å². The van der Waals surface area contributed by atoms with Crippen LogP contribution < -0.4 is 0 Å². The molecule has 0 heterocycles. The van der Waals surface area contributed by atoms with Crippen LogP contribution in [0.15, 0.2) is 0 Å². The van der Waals surface area contributed by atoms with E-state index in [-0.39, 0.29) is 10.9 Å². The molecule has 0 rings (SSSR count). The Morgan fingerprint density at radius 2 is 1.85 bits per heavy atom. The normalized spacial score (nSPS) is 14.7. The van der Waals surface area contributed by atoms with Crippen LogP contribution in [-0.4, -0.2) is 25.2 Å². The maximum Gasteiger partial charge on any atom is 0.137 e. The summed E-state index contributed by atoms with van der Waals surface area (Å²) in [4.78, 5) is 0. The lowest BCUT2D eigenvalue weighted by Gasteiger charge is -2.31. The van der Waals surface area contributed by atoms with Crippen molar-refractivity contribution < 1.29 is 5.11 Å². The highest BCUT2D eigenvalue weighted by Crippen LogP contribution is 2.35. The summed E-state index contributed by atoms with van der Waals surface area (Å²) in [5, 5.41) is 9.45. The monoisotopic (exact) mass is 218 g/mol. The van der Waals surface area contributed by atoms with E-state index in [2.05, 4.69) is 45.3 Å². The molecule has 0 bridgehead atoms. The molecule has 1 atom stereocenters. The van der Waals surface area contributed by atoms with E-state index in [1.165, 1.54) is 0 Å². The lowest BCUT2D eigenvalue weighted by Crippen LogP contribution is -2.36.